The van der Waals surface area contributed by atoms with Crippen molar-refractivity contribution >= 4 is 23.8 Å². The molecule has 1 aromatic heterocycles. The number of aliphatic hydroxyl groups excluding tert-OH is 2. The van der Waals surface area contributed by atoms with Gasteiger partial charge in [-0.1, -0.05) is 0 Å². The first-order valence-electron chi connectivity index (χ1n) is 6.80. The van der Waals surface area contributed by atoms with Gasteiger partial charge in [0.05, 0.1) is 18.5 Å². The SMILES string of the molecule is CSC[C@H]1O[C@@H](n2cnc3c2N=CCCC3O)CC1O. The maximum Gasteiger partial charge on any atom is 0.160 e. The number of hydrogen-bond donors (Lipinski definition) is 2. The maximum absolute atomic E-state index is 10.0. The lowest BCUT2D eigenvalue weighted by Gasteiger charge is -2.15. The lowest BCUT2D eigenvalue weighted by molar-refractivity contribution is -0.00458. The lowest BCUT2D eigenvalue weighted by Crippen LogP contribution is -2.23. The van der Waals surface area contributed by atoms with Gasteiger partial charge in [0.1, 0.15) is 18.0 Å². The minimum absolute atomic E-state index is 0.160. The normalized spacial score (nSPS) is 33.1. The predicted octanol–water partition coefficient (Wildman–Crippen LogP) is 1.42. The summed E-state index contributed by atoms with van der Waals surface area (Å²) in [5.74, 6) is 1.41. The molecule has 2 aliphatic heterocycles. The van der Waals surface area contributed by atoms with Gasteiger partial charge in [0.25, 0.3) is 0 Å². The lowest BCUT2D eigenvalue weighted by atomic mass is 10.1. The zero-order valence-electron chi connectivity index (χ0n) is 11.3. The van der Waals surface area contributed by atoms with Gasteiger partial charge in [0.15, 0.2) is 5.82 Å². The van der Waals surface area contributed by atoms with Crippen LogP contribution in [0.25, 0.3) is 0 Å². The van der Waals surface area contributed by atoms with E-state index in [-0.39, 0.29) is 12.3 Å². The summed E-state index contributed by atoms with van der Waals surface area (Å²) in [7, 11) is 0. The summed E-state index contributed by atoms with van der Waals surface area (Å²) in [6.07, 6.45) is 5.87. The van der Waals surface area contributed by atoms with E-state index in [2.05, 4.69) is 9.98 Å². The molecule has 0 bridgehead atoms. The van der Waals surface area contributed by atoms with Crippen molar-refractivity contribution in [2.24, 2.45) is 4.99 Å². The molecule has 1 saturated heterocycles. The first-order valence-corrected chi connectivity index (χ1v) is 8.20. The summed E-state index contributed by atoms with van der Waals surface area (Å²) in [6.45, 7) is 0. The Balaban J connectivity index is 1.85. The molecule has 2 aliphatic rings. The molecule has 20 heavy (non-hydrogen) atoms. The fourth-order valence-corrected chi connectivity index (χ4v) is 3.30. The summed E-state index contributed by atoms with van der Waals surface area (Å²) in [5, 5.41) is 20.1. The Morgan fingerprint density at radius 3 is 3.15 bits per heavy atom. The van der Waals surface area contributed by atoms with E-state index in [1.807, 2.05) is 10.8 Å². The molecular weight excluding hydrogens is 278 g/mol. The fourth-order valence-electron chi connectivity index (χ4n) is 2.67. The van der Waals surface area contributed by atoms with E-state index in [4.69, 9.17) is 4.74 Å². The summed E-state index contributed by atoms with van der Waals surface area (Å²) in [4.78, 5) is 8.66. The minimum Gasteiger partial charge on any atom is -0.390 e. The highest BCUT2D eigenvalue weighted by atomic mass is 32.2. The number of hydrogen-bond acceptors (Lipinski definition) is 6. The molecule has 6 nitrogen and oxygen atoms in total. The van der Waals surface area contributed by atoms with Gasteiger partial charge in [0.2, 0.25) is 0 Å². The highest BCUT2D eigenvalue weighted by Gasteiger charge is 2.36. The monoisotopic (exact) mass is 297 g/mol. The standard InChI is InChI=1S/C13H19N3O3S/c1-20-6-10-9(18)5-11(19-10)16-7-15-12-8(17)3-2-4-14-13(12)16/h4,7-11,17-18H,2-3,5-6H2,1H3/t8?,9?,10-,11-/m1/s1. The Bertz CT molecular complexity index is 505. The Hall–Kier alpha value is -0.890. The molecule has 1 fully saturated rings. The molecule has 2 unspecified atom stereocenters. The third-order valence-electron chi connectivity index (χ3n) is 3.74. The number of thioether (sulfide) groups is 1. The van der Waals surface area contributed by atoms with Gasteiger partial charge in [-0.25, -0.2) is 9.98 Å². The van der Waals surface area contributed by atoms with Crippen LogP contribution in [0, 0.1) is 0 Å². The van der Waals surface area contributed by atoms with E-state index in [1.54, 1.807) is 24.3 Å². The van der Waals surface area contributed by atoms with Crippen LogP contribution in [-0.4, -0.2) is 50.2 Å². The van der Waals surface area contributed by atoms with Crippen LogP contribution in [0.4, 0.5) is 5.82 Å². The molecule has 0 aliphatic carbocycles. The van der Waals surface area contributed by atoms with Crippen LogP contribution >= 0.6 is 11.8 Å². The molecule has 0 amide bonds. The molecule has 110 valence electrons. The van der Waals surface area contributed by atoms with Crippen molar-refractivity contribution in [3.05, 3.63) is 12.0 Å². The van der Waals surface area contributed by atoms with Crippen LogP contribution < -0.4 is 0 Å². The van der Waals surface area contributed by atoms with Gasteiger partial charge in [-0.05, 0) is 19.1 Å². The van der Waals surface area contributed by atoms with Crippen molar-refractivity contribution in [2.75, 3.05) is 12.0 Å². The second kappa shape index (κ2) is 5.85. The van der Waals surface area contributed by atoms with E-state index < -0.39 is 12.2 Å². The number of aliphatic imine (C=N–C) groups is 1. The molecule has 3 heterocycles. The molecule has 1 aromatic rings. The van der Waals surface area contributed by atoms with E-state index in [0.29, 0.717) is 24.4 Å². The Morgan fingerprint density at radius 2 is 2.35 bits per heavy atom. The molecule has 0 aromatic carbocycles. The van der Waals surface area contributed by atoms with E-state index in [1.165, 1.54) is 0 Å². The molecule has 0 saturated carbocycles. The molecule has 0 spiro atoms. The number of imidazole rings is 1. The molecular formula is C13H19N3O3S. The van der Waals surface area contributed by atoms with Crippen LogP contribution in [0.15, 0.2) is 11.3 Å². The van der Waals surface area contributed by atoms with Gasteiger partial charge < -0.3 is 14.9 Å². The van der Waals surface area contributed by atoms with Gasteiger partial charge in [-0.15, -0.1) is 0 Å². The summed E-state index contributed by atoms with van der Waals surface area (Å²) in [6, 6.07) is 0. The van der Waals surface area contributed by atoms with Crippen molar-refractivity contribution in [1.29, 1.82) is 0 Å². The zero-order valence-corrected chi connectivity index (χ0v) is 12.2. The van der Waals surface area contributed by atoms with Gasteiger partial charge in [-0.2, -0.15) is 11.8 Å². The Morgan fingerprint density at radius 1 is 1.50 bits per heavy atom. The van der Waals surface area contributed by atoms with Crippen molar-refractivity contribution in [3.8, 4) is 0 Å². The van der Waals surface area contributed by atoms with E-state index >= 15 is 0 Å². The second-order valence-electron chi connectivity index (χ2n) is 5.15. The Labute approximate surface area is 121 Å². The van der Waals surface area contributed by atoms with Gasteiger partial charge in [-0.3, -0.25) is 4.57 Å². The first-order chi connectivity index (χ1) is 9.70. The number of fused-ring (bicyclic) bond motifs is 1. The third-order valence-corrected chi connectivity index (χ3v) is 4.40. The largest absolute Gasteiger partial charge is 0.390 e. The summed E-state index contributed by atoms with van der Waals surface area (Å²) < 4.78 is 7.72. The van der Waals surface area contributed by atoms with Crippen LogP contribution in [0.5, 0.6) is 0 Å². The second-order valence-corrected chi connectivity index (χ2v) is 6.06. The summed E-state index contributed by atoms with van der Waals surface area (Å²) in [5.41, 5.74) is 0.602. The van der Waals surface area contributed by atoms with E-state index in [9.17, 15) is 10.2 Å². The van der Waals surface area contributed by atoms with Crippen LogP contribution in [0.2, 0.25) is 0 Å². The number of nitrogens with zero attached hydrogens (tertiary/aromatic N) is 3. The van der Waals surface area contributed by atoms with Gasteiger partial charge in [0, 0.05) is 18.4 Å². The smallest absolute Gasteiger partial charge is 0.160 e. The molecule has 7 heteroatoms. The third kappa shape index (κ3) is 2.50. The highest BCUT2D eigenvalue weighted by molar-refractivity contribution is 7.98. The highest BCUT2D eigenvalue weighted by Crippen LogP contribution is 2.37. The predicted molar refractivity (Wildman–Crippen MR) is 77.5 cm³/mol. The quantitative estimate of drug-likeness (QED) is 0.882. The van der Waals surface area contributed by atoms with Crippen molar-refractivity contribution in [1.82, 2.24) is 9.55 Å². The minimum atomic E-state index is -0.581. The van der Waals surface area contributed by atoms with Crippen LogP contribution in [-0.2, 0) is 4.74 Å². The van der Waals surface area contributed by atoms with Crippen molar-refractivity contribution < 1.29 is 14.9 Å². The number of rotatable bonds is 3. The molecule has 0 radical (unpaired) electrons. The maximum atomic E-state index is 10.0. The number of ether oxygens (including phenoxy) is 1. The van der Waals surface area contributed by atoms with Crippen LogP contribution in [0.3, 0.4) is 0 Å². The fraction of sp³-hybridized carbons (Fsp3) is 0.692. The average molecular weight is 297 g/mol. The van der Waals surface area contributed by atoms with E-state index in [0.717, 1.165) is 12.2 Å². The molecule has 2 N–H and O–H groups in total. The van der Waals surface area contributed by atoms with Crippen LogP contribution in [0.1, 0.15) is 37.3 Å². The van der Waals surface area contributed by atoms with Crippen molar-refractivity contribution in [2.45, 2.75) is 43.8 Å². The van der Waals surface area contributed by atoms with Gasteiger partial charge >= 0.3 is 0 Å². The Kier molecular flexibility index (Phi) is 4.11. The topological polar surface area (TPSA) is 79.9 Å². The number of aliphatic hydroxyl groups is 2. The van der Waals surface area contributed by atoms with Crippen molar-refractivity contribution in [3.63, 3.8) is 0 Å². The first kappa shape index (κ1) is 14.1. The number of aromatic nitrogens is 2. The zero-order chi connectivity index (χ0) is 14.1. The molecule has 4 atom stereocenters. The average Bonchev–Trinajstić information content (AvgIpc) is 2.94. The summed E-state index contributed by atoms with van der Waals surface area (Å²) >= 11 is 1.65. The molecule has 3 rings (SSSR count).